The van der Waals surface area contributed by atoms with Crippen LogP contribution in [0.1, 0.15) is 59.9 Å². The van der Waals surface area contributed by atoms with Crippen molar-refractivity contribution in [2.45, 2.75) is 53.1 Å². The van der Waals surface area contributed by atoms with Gasteiger partial charge >= 0.3 is 0 Å². The molecule has 9 nitrogen and oxygen atoms in total. The number of hydrogen-bond donors (Lipinski definition) is 5. The minimum absolute atomic E-state index is 0.103. The Morgan fingerprint density at radius 1 is 1.18 bits per heavy atom. The molecule has 0 bridgehead atoms. The number of rotatable bonds is 10. The second-order valence-electron chi connectivity index (χ2n) is 10.3. The van der Waals surface area contributed by atoms with E-state index in [0.29, 0.717) is 22.4 Å². The highest BCUT2D eigenvalue weighted by Crippen LogP contribution is 2.30. The molecule has 0 radical (unpaired) electrons. The van der Waals surface area contributed by atoms with Crippen LogP contribution in [0.2, 0.25) is 0 Å². The number of nitrogens with zero attached hydrogens (tertiary/aromatic N) is 2. The minimum atomic E-state index is -0.338. The summed E-state index contributed by atoms with van der Waals surface area (Å²) in [7, 11) is 0. The number of aromatic nitrogens is 2. The highest BCUT2D eigenvalue weighted by atomic mass is 16.1. The lowest BCUT2D eigenvalue weighted by Gasteiger charge is -2.28. The Hall–Kier alpha value is -3.98. The Balaban J connectivity index is 1.67. The molecule has 9 heteroatoms. The average Bonchev–Trinajstić information content (AvgIpc) is 2.92. The molecular weight excluding hydrogens is 490 g/mol. The van der Waals surface area contributed by atoms with E-state index in [1.807, 2.05) is 51.2 Å². The Kier molecular flexibility index (Phi) is 9.14. The maximum absolute atomic E-state index is 13.5. The molecule has 3 aromatic rings. The molecule has 0 aliphatic carbocycles. The first-order chi connectivity index (χ1) is 18.8. The molecule has 1 amide bonds. The van der Waals surface area contributed by atoms with Crippen LogP contribution in [0.5, 0.6) is 0 Å². The summed E-state index contributed by atoms with van der Waals surface area (Å²) in [5.74, 6) is 0.594. The van der Waals surface area contributed by atoms with E-state index in [1.165, 1.54) is 6.21 Å². The molecule has 1 fully saturated rings. The van der Waals surface area contributed by atoms with Crippen LogP contribution in [0.25, 0.3) is 11.1 Å². The monoisotopic (exact) mass is 529 g/mol. The third kappa shape index (κ3) is 6.72. The van der Waals surface area contributed by atoms with Crippen LogP contribution in [-0.2, 0) is 13.0 Å². The van der Waals surface area contributed by atoms with E-state index in [-0.39, 0.29) is 24.1 Å². The fraction of sp³-hybridized carbons (Fsp3) is 0.400. The maximum atomic E-state index is 13.5. The van der Waals surface area contributed by atoms with E-state index in [4.69, 9.17) is 10.4 Å². The minimum Gasteiger partial charge on any atom is -0.382 e. The molecule has 1 saturated heterocycles. The summed E-state index contributed by atoms with van der Waals surface area (Å²) < 4.78 is 0. The van der Waals surface area contributed by atoms with Crippen molar-refractivity contribution in [3.8, 4) is 11.1 Å². The molecule has 0 unspecified atom stereocenters. The van der Waals surface area contributed by atoms with Gasteiger partial charge in [-0.15, -0.1) is 0 Å². The standard InChI is InChI=1S/C30H39N7O2/c1-5-6-21-13-20(4)36-30(39)26(21)18-34-29(38)24-14-23(15-27(25(24)16-31)35-19(2)3)22-7-8-28(33-17-22)37-11-9-32-10-12-37/h7-8,13-17,19,31-32,35H,5-6,9-12,18H2,1-4H3,(H,34,38)(H,36,39). The fourth-order valence-electron chi connectivity index (χ4n) is 4.97. The van der Waals surface area contributed by atoms with E-state index in [1.54, 1.807) is 6.07 Å². The van der Waals surface area contributed by atoms with Crippen LogP contribution in [-0.4, -0.2) is 54.3 Å². The van der Waals surface area contributed by atoms with Crippen LogP contribution < -0.4 is 26.4 Å². The van der Waals surface area contributed by atoms with E-state index in [2.05, 4.69) is 32.8 Å². The van der Waals surface area contributed by atoms with Crippen LogP contribution >= 0.6 is 0 Å². The van der Waals surface area contributed by atoms with Crippen LogP contribution in [0, 0.1) is 12.3 Å². The number of aromatic amines is 1. The largest absolute Gasteiger partial charge is 0.382 e. The SMILES string of the molecule is CCCc1cc(C)[nH]c(=O)c1CNC(=O)c1cc(-c2ccc(N3CCNCC3)nc2)cc(NC(C)C)c1C=N. The summed E-state index contributed by atoms with van der Waals surface area (Å²) in [4.78, 5) is 36.0. The predicted molar refractivity (Wildman–Crippen MR) is 158 cm³/mol. The molecule has 39 heavy (non-hydrogen) atoms. The quantitative estimate of drug-likeness (QED) is 0.254. The predicted octanol–water partition coefficient (Wildman–Crippen LogP) is 3.86. The first-order valence-electron chi connectivity index (χ1n) is 13.7. The van der Waals surface area contributed by atoms with Gasteiger partial charge in [-0.2, -0.15) is 0 Å². The summed E-state index contributed by atoms with van der Waals surface area (Å²) in [6, 6.07) is 9.87. The molecule has 1 aromatic carbocycles. The highest BCUT2D eigenvalue weighted by molar-refractivity contribution is 6.06. The van der Waals surface area contributed by atoms with Gasteiger partial charge < -0.3 is 31.2 Å². The maximum Gasteiger partial charge on any atom is 0.253 e. The zero-order valence-electron chi connectivity index (χ0n) is 23.3. The van der Waals surface area contributed by atoms with Gasteiger partial charge in [0, 0.05) is 79.2 Å². The van der Waals surface area contributed by atoms with Crippen LogP contribution in [0.3, 0.4) is 0 Å². The van der Waals surface area contributed by atoms with Gasteiger partial charge in [0.05, 0.1) is 5.56 Å². The topological polar surface area (TPSA) is 126 Å². The summed E-state index contributed by atoms with van der Waals surface area (Å²) in [6.07, 6.45) is 4.70. The van der Waals surface area contributed by atoms with Crippen molar-refractivity contribution in [1.29, 1.82) is 5.41 Å². The van der Waals surface area contributed by atoms with Gasteiger partial charge in [-0.05, 0) is 68.7 Å². The number of benzene rings is 1. The van der Waals surface area contributed by atoms with Crippen molar-refractivity contribution in [2.24, 2.45) is 0 Å². The average molecular weight is 530 g/mol. The zero-order valence-corrected chi connectivity index (χ0v) is 23.3. The normalized spacial score (nSPS) is 13.4. The Bertz CT molecular complexity index is 1370. The molecule has 3 heterocycles. The van der Waals surface area contributed by atoms with Gasteiger partial charge in [-0.1, -0.05) is 13.3 Å². The third-order valence-electron chi connectivity index (χ3n) is 6.84. The number of anilines is 2. The van der Waals surface area contributed by atoms with Crippen molar-refractivity contribution in [1.82, 2.24) is 20.6 Å². The van der Waals surface area contributed by atoms with Gasteiger partial charge in [0.2, 0.25) is 0 Å². The number of aryl methyl sites for hydroxylation is 2. The smallest absolute Gasteiger partial charge is 0.253 e. The second kappa shape index (κ2) is 12.7. The highest BCUT2D eigenvalue weighted by Gasteiger charge is 2.19. The molecule has 1 aliphatic heterocycles. The number of H-pyrrole nitrogens is 1. The van der Waals surface area contributed by atoms with Crippen LogP contribution in [0.15, 0.2) is 41.3 Å². The zero-order chi connectivity index (χ0) is 27.9. The molecule has 0 saturated carbocycles. The molecule has 0 spiro atoms. The van der Waals surface area contributed by atoms with Gasteiger partial charge in [-0.3, -0.25) is 9.59 Å². The lowest BCUT2D eigenvalue weighted by atomic mass is 9.97. The first kappa shape index (κ1) is 28.0. The fourth-order valence-corrected chi connectivity index (χ4v) is 4.97. The molecule has 2 aromatic heterocycles. The first-order valence-corrected chi connectivity index (χ1v) is 13.7. The van der Waals surface area contributed by atoms with Crippen LogP contribution in [0.4, 0.5) is 11.5 Å². The van der Waals surface area contributed by atoms with Gasteiger partial charge in [0.1, 0.15) is 5.82 Å². The molecule has 0 atom stereocenters. The van der Waals surface area contributed by atoms with Gasteiger partial charge in [0.25, 0.3) is 11.5 Å². The van der Waals surface area contributed by atoms with Gasteiger partial charge in [-0.25, -0.2) is 4.98 Å². The number of nitrogens with one attached hydrogen (secondary N) is 5. The summed E-state index contributed by atoms with van der Waals surface area (Å²) in [5.41, 5.74) is 5.41. The number of amides is 1. The summed E-state index contributed by atoms with van der Waals surface area (Å²) in [6.45, 7) is 11.8. The summed E-state index contributed by atoms with van der Waals surface area (Å²) in [5, 5.41) is 17.8. The third-order valence-corrected chi connectivity index (χ3v) is 6.84. The molecule has 1 aliphatic rings. The van der Waals surface area contributed by atoms with E-state index in [9.17, 15) is 9.59 Å². The van der Waals surface area contributed by atoms with Crippen molar-refractivity contribution >= 4 is 23.6 Å². The van der Waals surface area contributed by atoms with Crippen molar-refractivity contribution < 1.29 is 4.79 Å². The number of hydrogen-bond acceptors (Lipinski definition) is 7. The van der Waals surface area contributed by atoms with E-state index in [0.717, 1.165) is 67.2 Å². The van der Waals surface area contributed by atoms with Crippen molar-refractivity contribution in [2.75, 3.05) is 36.4 Å². The number of carbonyl (C=O) groups is 1. The Labute approximate surface area is 230 Å². The molecule has 5 N–H and O–H groups in total. The Morgan fingerprint density at radius 2 is 1.95 bits per heavy atom. The summed E-state index contributed by atoms with van der Waals surface area (Å²) >= 11 is 0. The molecule has 206 valence electrons. The van der Waals surface area contributed by atoms with E-state index >= 15 is 0 Å². The van der Waals surface area contributed by atoms with E-state index < -0.39 is 0 Å². The van der Waals surface area contributed by atoms with Gasteiger partial charge in [0.15, 0.2) is 0 Å². The molecular formula is C30H39N7O2. The lowest BCUT2D eigenvalue weighted by molar-refractivity contribution is 0.0950. The Morgan fingerprint density at radius 3 is 2.59 bits per heavy atom. The lowest BCUT2D eigenvalue weighted by Crippen LogP contribution is -2.43. The number of carbonyl (C=O) groups excluding carboxylic acids is 1. The second-order valence-corrected chi connectivity index (χ2v) is 10.3. The van der Waals surface area contributed by atoms with Crippen molar-refractivity contribution in [3.63, 3.8) is 0 Å². The van der Waals surface area contributed by atoms with Crippen molar-refractivity contribution in [3.05, 3.63) is 74.8 Å². The number of pyridine rings is 2. The molecule has 4 rings (SSSR count). The number of piperazine rings is 1.